The standard InChI is InChI=1S/C21H25ClN2O3/c1-14-11-15(22)6-8-18(14)23-21(25)13-24-10-4-5-19(24)17-12-16(26-2)7-9-20(17)27-3/h6-9,11-12,19H,4-5,10,13H2,1-3H3,(H,23,25)/p+1/t19-/m1/s1. The third-order valence-corrected chi connectivity index (χ3v) is 5.38. The Hall–Kier alpha value is -2.24. The van der Waals surface area contributed by atoms with Crippen molar-refractivity contribution in [3.8, 4) is 11.5 Å². The minimum Gasteiger partial charge on any atom is -0.497 e. The molecule has 2 aromatic carbocycles. The minimum absolute atomic E-state index is 0.00388. The second kappa shape index (κ2) is 8.63. The number of carbonyl (C=O) groups excluding carboxylic acids is 1. The second-order valence-corrected chi connectivity index (χ2v) is 7.33. The predicted octanol–water partition coefficient (Wildman–Crippen LogP) is 3.02. The van der Waals surface area contributed by atoms with E-state index in [1.165, 1.54) is 4.90 Å². The van der Waals surface area contributed by atoms with E-state index in [2.05, 4.69) is 5.32 Å². The summed E-state index contributed by atoms with van der Waals surface area (Å²) in [7, 11) is 3.34. The van der Waals surface area contributed by atoms with Crippen molar-refractivity contribution in [2.75, 3.05) is 32.6 Å². The number of amides is 1. The number of carbonyl (C=O) groups is 1. The summed E-state index contributed by atoms with van der Waals surface area (Å²) in [5.41, 5.74) is 2.86. The molecule has 0 radical (unpaired) electrons. The second-order valence-electron chi connectivity index (χ2n) is 6.90. The van der Waals surface area contributed by atoms with Crippen LogP contribution in [-0.2, 0) is 4.79 Å². The van der Waals surface area contributed by atoms with Crippen LogP contribution in [0.15, 0.2) is 36.4 Å². The van der Waals surface area contributed by atoms with Gasteiger partial charge in [-0.3, -0.25) is 4.79 Å². The van der Waals surface area contributed by atoms with Crippen molar-refractivity contribution in [3.05, 3.63) is 52.5 Å². The quantitative estimate of drug-likeness (QED) is 0.798. The molecule has 1 fully saturated rings. The number of halogens is 1. The smallest absolute Gasteiger partial charge is 0.279 e. The number of anilines is 1. The highest BCUT2D eigenvalue weighted by atomic mass is 35.5. The first-order valence-corrected chi connectivity index (χ1v) is 9.52. The van der Waals surface area contributed by atoms with Crippen LogP contribution in [0.2, 0.25) is 5.02 Å². The summed E-state index contributed by atoms with van der Waals surface area (Å²) < 4.78 is 10.9. The molecule has 0 spiro atoms. The first-order chi connectivity index (χ1) is 13.0. The molecule has 1 aliphatic rings. The lowest BCUT2D eigenvalue weighted by Gasteiger charge is -2.23. The van der Waals surface area contributed by atoms with Gasteiger partial charge in [0.05, 0.1) is 26.3 Å². The van der Waals surface area contributed by atoms with E-state index in [0.29, 0.717) is 11.6 Å². The van der Waals surface area contributed by atoms with Gasteiger partial charge in [0, 0.05) is 23.6 Å². The van der Waals surface area contributed by atoms with Gasteiger partial charge in [-0.1, -0.05) is 11.6 Å². The van der Waals surface area contributed by atoms with Crippen molar-refractivity contribution in [3.63, 3.8) is 0 Å². The summed E-state index contributed by atoms with van der Waals surface area (Å²) in [6, 6.07) is 11.6. The van der Waals surface area contributed by atoms with Crippen molar-refractivity contribution >= 4 is 23.2 Å². The topological polar surface area (TPSA) is 52.0 Å². The molecule has 5 nitrogen and oxygen atoms in total. The van der Waals surface area contributed by atoms with Gasteiger partial charge in [0.1, 0.15) is 17.5 Å². The van der Waals surface area contributed by atoms with Gasteiger partial charge >= 0.3 is 0 Å². The molecule has 2 aromatic rings. The molecular formula is C21H26ClN2O3+. The monoisotopic (exact) mass is 389 g/mol. The highest BCUT2D eigenvalue weighted by Gasteiger charge is 2.34. The van der Waals surface area contributed by atoms with Crippen LogP contribution in [0.25, 0.3) is 0 Å². The predicted molar refractivity (Wildman–Crippen MR) is 107 cm³/mol. The Kier molecular flexibility index (Phi) is 6.24. The molecule has 1 unspecified atom stereocenters. The molecule has 1 aliphatic heterocycles. The molecule has 6 heteroatoms. The van der Waals surface area contributed by atoms with E-state index < -0.39 is 0 Å². The lowest BCUT2D eigenvalue weighted by molar-refractivity contribution is -0.910. The average molecular weight is 390 g/mol. The normalized spacial score (nSPS) is 19.0. The van der Waals surface area contributed by atoms with Gasteiger partial charge in [-0.25, -0.2) is 0 Å². The fourth-order valence-corrected chi connectivity index (χ4v) is 4.00. The van der Waals surface area contributed by atoms with Gasteiger partial charge < -0.3 is 19.7 Å². The van der Waals surface area contributed by atoms with Crippen LogP contribution in [0.1, 0.15) is 30.0 Å². The Labute approximate surface area is 165 Å². The summed E-state index contributed by atoms with van der Waals surface area (Å²) in [4.78, 5) is 13.9. The number of hydrogen-bond acceptors (Lipinski definition) is 3. The number of benzene rings is 2. The molecule has 3 rings (SSSR count). The molecule has 2 atom stereocenters. The van der Waals surface area contributed by atoms with E-state index in [0.717, 1.165) is 47.7 Å². The number of likely N-dealkylation sites (tertiary alicyclic amines) is 1. The summed E-state index contributed by atoms with van der Waals surface area (Å²) in [5.74, 6) is 1.65. The van der Waals surface area contributed by atoms with Crippen LogP contribution in [0.5, 0.6) is 11.5 Å². The Morgan fingerprint density at radius 2 is 2.04 bits per heavy atom. The number of aryl methyl sites for hydroxylation is 1. The number of hydrogen-bond donors (Lipinski definition) is 2. The molecule has 144 valence electrons. The van der Waals surface area contributed by atoms with E-state index in [1.807, 2.05) is 37.3 Å². The average Bonchev–Trinajstić information content (AvgIpc) is 3.11. The third-order valence-electron chi connectivity index (χ3n) is 5.15. The molecule has 0 bridgehead atoms. The molecule has 1 saturated heterocycles. The first kappa shape index (κ1) is 19.5. The maximum atomic E-state index is 12.6. The fourth-order valence-electron chi connectivity index (χ4n) is 3.78. The van der Waals surface area contributed by atoms with Crippen LogP contribution in [-0.4, -0.2) is 33.2 Å². The zero-order chi connectivity index (χ0) is 19.4. The first-order valence-electron chi connectivity index (χ1n) is 9.14. The minimum atomic E-state index is 0.00388. The Bertz CT molecular complexity index is 825. The summed E-state index contributed by atoms with van der Waals surface area (Å²) >= 11 is 5.99. The van der Waals surface area contributed by atoms with Crippen LogP contribution in [0.4, 0.5) is 5.69 Å². The maximum Gasteiger partial charge on any atom is 0.279 e. The zero-order valence-electron chi connectivity index (χ0n) is 16.0. The molecule has 1 heterocycles. The summed E-state index contributed by atoms with van der Waals surface area (Å²) in [5, 5.41) is 3.68. The van der Waals surface area contributed by atoms with E-state index in [9.17, 15) is 4.79 Å². The van der Waals surface area contributed by atoms with Crippen molar-refractivity contribution in [1.82, 2.24) is 0 Å². The lowest BCUT2D eigenvalue weighted by Crippen LogP contribution is -3.11. The summed E-state index contributed by atoms with van der Waals surface area (Å²) in [6.45, 7) is 3.30. The largest absolute Gasteiger partial charge is 0.497 e. The Morgan fingerprint density at radius 3 is 2.74 bits per heavy atom. The molecule has 27 heavy (non-hydrogen) atoms. The van der Waals surface area contributed by atoms with Crippen LogP contribution >= 0.6 is 11.6 Å². The Morgan fingerprint density at radius 1 is 1.22 bits per heavy atom. The highest BCUT2D eigenvalue weighted by molar-refractivity contribution is 6.30. The SMILES string of the molecule is COc1ccc(OC)c([C@H]2CCC[NH+]2CC(=O)Nc2ccc(Cl)cc2C)c1. The number of rotatable bonds is 6. The van der Waals surface area contributed by atoms with Gasteiger partial charge in [0.2, 0.25) is 0 Å². The number of quaternary nitrogens is 1. The van der Waals surface area contributed by atoms with Crippen LogP contribution in [0, 0.1) is 6.92 Å². The zero-order valence-corrected chi connectivity index (χ0v) is 16.7. The number of methoxy groups -OCH3 is 2. The van der Waals surface area contributed by atoms with Crippen LogP contribution < -0.4 is 19.7 Å². The third kappa shape index (κ3) is 4.54. The van der Waals surface area contributed by atoms with Crippen LogP contribution in [0.3, 0.4) is 0 Å². The van der Waals surface area contributed by atoms with E-state index in [4.69, 9.17) is 21.1 Å². The van der Waals surface area contributed by atoms with Gasteiger partial charge in [-0.15, -0.1) is 0 Å². The van der Waals surface area contributed by atoms with Crippen molar-refractivity contribution in [1.29, 1.82) is 0 Å². The maximum absolute atomic E-state index is 12.6. The van der Waals surface area contributed by atoms with Gasteiger partial charge in [-0.05, 0) is 48.9 Å². The summed E-state index contributed by atoms with van der Waals surface area (Å²) in [6.07, 6.45) is 2.10. The molecular weight excluding hydrogens is 364 g/mol. The van der Waals surface area contributed by atoms with Crippen molar-refractivity contribution in [2.45, 2.75) is 25.8 Å². The lowest BCUT2D eigenvalue weighted by atomic mass is 10.0. The number of ether oxygens (including phenoxy) is 2. The molecule has 1 amide bonds. The molecule has 0 aromatic heterocycles. The molecule has 2 N–H and O–H groups in total. The van der Waals surface area contributed by atoms with Crippen molar-refractivity contribution in [2.24, 2.45) is 0 Å². The van der Waals surface area contributed by atoms with Gasteiger partial charge in [-0.2, -0.15) is 0 Å². The van der Waals surface area contributed by atoms with E-state index >= 15 is 0 Å². The van der Waals surface area contributed by atoms with Gasteiger partial charge in [0.25, 0.3) is 5.91 Å². The van der Waals surface area contributed by atoms with E-state index in [1.54, 1.807) is 20.3 Å². The Balaban J connectivity index is 1.74. The molecule has 0 aliphatic carbocycles. The number of nitrogens with one attached hydrogen (secondary N) is 2. The van der Waals surface area contributed by atoms with Crippen molar-refractivity contribution < 1.29 is 19.2 Å². The van der Waals surface area contributed by atoms with Gasteiger partial charge in [0.15, 0.2) is 6.54 Å². The fraction of sp³-hybridized carbons (Fsp3) is 0.381. The van der Waals surface area contributed by atoms with E-state index in [-0.39, 0.29) is 11.9 Å². The highest BCUT2D eigenvalue weighted by Crippen LogP contribution is 2.31. The molecule has 0 saturated carbocycles.